The summed E-state index contributed by atoms with van der Waals surface area (Å²) >= 11 is 0. The molecule has 12 heteroatoms. The summed E-state index contributed by atoms with van der Waals surface area (Å²) in [4.78, 5) is 62.0. The van der Waals surface area contributed by atoms with Crippen LogP contribution >= 0.6 is 0 Å². The average molecular weight is 656 g/mol. The number of carbonyl (C=O) groups is 4. The third-order valence-electron chi connectivity index (χ3n) is 10.0. The van der Waals surface area contributed by atoms with Gasteiger partial charge in [-0.2, -0.15) is 0 Å². The maximum absolute atomic E-state index is 14.1. The Morgan fingerprint density at radius 2 is 1.77 bits per heavy atom. The molecule has 3 aliphatic rings. The van der Waals surface area contributed by atoms with E-state index in [9.17, 15) is 23.6 Å². The summed E-state index contributed by atoms with van der Waals surface area (Å²) in [6.45, 7) is 7.11. The second-order valence-corrected chi connectivity index (χ2v) is 14.4. The van der Waals surface area contributed by atoms with Crippen molar-refractivity contribution in [1.29, 1.82) is 0 Å². The number of nitrogens with one attached hydrogen (secondary N) is 3. The highest BCUT2D eigenvalue weighted by atomic mass is 19.1. The van der Waals surface area contributed by atoms with Gasteiger partial charge in [-0.15, -0.1) is 0 Å². The molecule has 0 bridgehead atoms. The number of alkyl halides is 1. The smallest absolute Gasteiger partial charge is 0.407 e. The number of esters is 1. The minimum atomic E-state index is -0.702. The molecule has 5 rings (SSSR count). The van der Waals surface area contributed by atoms with Crippen LogP contribution in [-0.4, -0.2) is 76.3 Å². The molecule has 2 aromatic heterocycles. The molecule has 3 fully saturated rings. The molecular weight excluding hydrogens is 605 g/mol. The zero-order chi connectivity index (χ0) is 33.7. The van der Waals surface area contributed by atoms with Crippen molar-refractivity contribution < 1.29 is 33.0 Å². The van der Waals surface area contributed by atoms with Crippen molar-refractivity contribution in [3.05, 3.63) is 23.9 Å². The fraction of sp³-hybridized carbons (Fsp3) is 0.686. The number of amides is 3. The summed E-state index contributed by atoms with van der Waals surface area (Å²) in [6.07, 6.45) is 8.07. The van der Waals surface area contributed by atoms with Gasteiger partial charge in [0, 0.05) is 12.5 Å². The number of aromatic amines is 1. The van der Waals surface area contributed by atoms with E-state index in [0.717, 1.165) is 32.1 Å². The van der Waals surface area contributed by atoms with Crippen LogP contribution in [0.15, 0.2) is 18.2 Å². The number of hydrogen-bond donors (Lipinski definition) is 3. The Kier molecular flexibility index (Phi) is 11.1. The average Bonchev–Trinajstić information content (AvgIpc) is 3.68. The summed E-state index contributed by atoms with van der Waals surface area (Å²) in [5, 5.41) is 5.68. The van der Waals surface area contributed by atoms with Crippen molar-refractivity contribution in [2.75, 3.05) is 25.1 Å². The molecule has 1 saturated heterocycles. The van der Waals surface area contributed by atoms with Gasteiger partial charge in [-0.1, -0.05) is 32.1 Å². The Labute approximate surface area is 276 Å². The molecule has 0 unspecified atom stereocenters. The van der Waals surface area contributed by atoms with Crippen molar-refractivity contribution in [1.82, 2.24) is 20.2 Å². The molecule has 2 saturated carbocycles. The van der Waals surface area contributed by atoms with E-state index in [1.807, 2.05) is 0 Å². The van der Waals surface area contributed by atoms with E-state index in [2.05, 4.69) is 20.6 Å². The molecule has 47 heavy (non-hydrogen) atoms. The van der Waals surface area contributed by atoms with Gasteiger partial charge in [0.15, 0.2) is 0 Å². The van der Waals surface area contributed by atoms with Crippen LogP contribution in [0.1, 0.15) is 102 Å². The number of hydrogen-bond acceptors (Lipinski definition) is 7. The maximum Gasteiger partial charge on any atom is 0.407 e. The van der Waals surface area contributed by atoms with Crippen molar-refractivity contribution >= 4 is 40.7 Å². The minimum Gasteiger partial charge on any atom is -0.461 e. The number of alkyl carbamates (subject to hydrolysis) is 1. The van der Waals surface area contributed by atoms with Gasteiger partial charge >= 0.3 is 12.1 Å². The van der Waals surface area contributed by atoms with E-state index in [1.165, 1.54) is 6.42 Å². The number of nitrogens with zero attached hydrogens (tertiary/aromatic N) is 2. The lowest BCUT2D eigenvalue weighted by molar-refractivity contribution is -0.142. The summed E-state index contributed by atoms with van der Waals surface area (Å²) in [7, 11) is 0. The monoisotopic (exact) mass is 655 g/mol. The number of pyridine rings is 1. The Balaban J connectivity index is 1.27. The first-order valence-electron chi connectivity index (χ1n) is 17.3. The van der Waals surface area contributed by atoms with Gasteiger partial charge in [0.2, 0.25) is 11.8 Å². The van der Waals surface area contributed by atoms with Crippen molar-refractivity contribution in [3.8, 4) is 0 Å². The zero-order valence-electron chi connectivity index (χ0n) is 28.1. The lowest BCUT2D eigenvalue weighted by Crippen LogP contribution is -2.50. The van der Waals surface area contributed by atoms with E-state index in [0.29, 0.717) is 55.0 Å². The third-order valence-corrected chi connectivity index (χ3v) is 10.0. The molecule has 2 aliphatic carbocycles. The standard InChI is InChI=1S/C35H50FN5O6/c1-5-46-33(44)27-19-26-25(37-27)15-16-29(38-26)40-31(42)30-24(21-9-7-6-8-10-21)17-18-41(30)32(43)23-13-11-22(12-14-23)28(20-36)39-34(45)47-35(2,3)4/h15-16,19,21-24,28,30,37H,5-14,17-18,20H2,1-4H3,(H,39,45)(H,38,40,42)/t22?,23?,24-,28+,30+/m0/s1. The van der Waals surface area contributed by atoms with Gasteiger partial charge in [0.1, 0.15) is 29.8 Å². The normalized spacial score (nSPS) is 24.5. The molecule has 258 valence electrons. The summed E-state index contributed by atoms with van der Waals surface area (Å²) in [5.41, 5.74) is 0.784. The van der Waals surface area contributed by atoms with Crippen LogP contribution in [-0.2, 0) is 19.1 Å². The Morgan fingerprint density at radius 1 is 1.04 bits per heavy atom. The van der Waals surface area contributed by atoms with Crippen molar-refractivity contribution in [2.45, 2.75) is 110 Å². The molecule has 3 N–H and O–H groups in total. The van der Waals surface area contributed by atoms with E-state index < -0.39 is 36.4 Å². The molecule has 1 aliphatic heterocycles. The first-order chi connectivity index (χ1) is 22.5. The van der Waals surface area contributed by atoms with Crippen LogP contribution in [0.4, 0.5) is 15.0 Å². The number of halogens is 1. The SMILES string of the molecule is CCOC(=O)c1cc2nc(NC(=O)[C@H]3[C@H](C4CCCCC4)CCN3C(=O)C3CCC([C@@H](CF)NC(=O)OC(C)(C)C)CC3)ccc2[nH]1. The molecule has 3 amide bonds. The third kappa shape index (κ3) is 8.43. The number of anilines is 1. The minimum absolute atomic E-state index is 0.0214. The number of aromatic nitrogens is 2. The highest BCUT2D eigenvalue weighted by molar-refractivity contribution is 5.99. The predicted molar refractivity (Wildman–Crippen MR) is 175 cm³/mol. The molecule has 0 spiro atoms. The van der Waals surface area contributed by atoms with Gasteiger partial charge in [0.05, 0.1) is 23.7 Å². The van der Waals surface area contributed by atoms with Crippen LogP contribution < -0.4 is 10.6 Å². The second-order valence-electron chi connectivity index (χ2n) is 14.4. The van der Waals surface area contributed by atoms with Crippen LogP contribution in [0.25, 0.3) is 11.0 Å². The largest absolute Gasteiger partial charge is 0.461 e. The summed E-state index contributed by atoms with van der Waals surface area (Å²) in [6, 6.07) is 3.79. The summed E-state index contributed by atoms with van der Waals surface area (Å²) in [5.74, 6) is -0.291. The molecule has 2 aromatic rings. The fourth-order valence-electron chi connectivity index (χ4n) is 7.80. The molecule has 3 heterocycles. The van der Waals surface area contributed by atoms with E-state index in [1.54, 1.807) is 50.8 Å². The van der Waals surface area contributed by atoms with Crippen LogP contribution in [0.2, 0.25) is 0 Å². The van der Waals surface area contributed by atoms with E-state index in [-0.39, 0.29) is 41.9 Å². The number of ether oxygens (including phenoxy) is 2. The fourth-order valence-corrected chi connectivity index (χ4v) is 7.80. The molecule has 3 atom stereocenters. The number of carbonyl (C=O) groups excluding carboxylic acids is 4. The topological polar surface area (TPSA) is 143 Å². The van der Waals surface area contributed by atoms with Gasteiger partial charge in [0.25, 0.3) is 0 Å². The van der Waals surface area contributed by atoms with E-state index >= 15 is 0 Å². The molecule has 0 aromatic carbocycles. The lowest BCUT2D eigenvalue weighted by atomic mass is 9.76. The van der Waals surface area contributed by atoms with Crippen LogP contribution in [0, 0.1) is 23.7 Å². The summed E-state index contributed by atoms with van der Waals surface area (Å²) < 4.78 is 24.4. The van der Waals surface area contributed by atoms with Gasteiger partial charge in [-0.05, 0) is 95.8 Å². The first kappa shape index (κ1) is 34.6. The Bertz CT molecular complexity index is 1430. The van der Waals surface area contributed by atoms with Gasteiger partial charge in [-0.3, -0.25) is 9.59 Å². The highest BCUT2D eigenvalue weighted by Crippen LogP contribution is 2.41. The number of fused-ring (bicyclic) bond motifs is 1. The number of likely N-dealkylation sites (tertiary alicyclic amines) is 1. The van der Waals surface area contributed by atoms with Crippen LogP contribution in [0.3, 0.4) is 0 Å². The Hall–Kier alpha value is -3.70. The quantitative estimate of drug-likeness (QED) is 0.275. The van der Waals surface area contributed by atoms with Crippen molar-refractivity contribution in [2.24, 2.45) is 23.7 Å². The predicted octanol–water partition coefficient (Wildman–Crippen LogP) is 6.14. The van der Waals surface area contributed by atoms with Crippen LogP contribution in [0.5, 0.6) is 0 Å². The maximum atomic E-state index is 14.1. The zero-order valence-corrected chi connectivity index (χ0v) is 28.1. The highest BCUT2D eigenvalue weighted by Gasteiger charge is 2.47. The lowest BCUT2D eigenvalue weighted by Gasteiger charge is -2.37. The second kappa shape index (κ2) is 15.0. The Morgan fingerprint density at radius 3 is 2.43 bits per heavy atom. The van der Waals surface area contributed by atoms with Gasteiger partial charge in [-0.25, -0.2) is 19.0 Å². The molecular formula is C35H50FN5O6. The first-order valence-corrected chi connectivity index (χ1v) is 17.3. The molecule has 0 radical (unpaired) electrons. The molecule has 11 nitrogen and oxygen atoms in total. The van der Waals surface area contributed by atoms with Crippen molar-refractivity contribution in [3.63, 3.8) is 0 Å². The number of rotatable bonds is 9. The van der Waals surface area contributed by atoms with E-state index in [4.69, 9.17) is 9.47 Å². The van der Waals surface area contributed by atoms with Gasteiger partial charge < -0.3 is 30.0 Å². The number of H-pyrrole nitrogens is 1.